The molecule has 1 N–H and O–H groups in total. The summed E-state index contributed by atoms with van der Waals surface area (Å²) >= 11 is 0. The van der Waals surface area contributed by atoms with E-state index in [2.05, 4.69) is 49.2 Å². The maximum atomic E-state index is 12.8. The molecule has 0 spiro atoms. The van der Waals surface area contributed by atoms with Gasteiger partial charge in [-0.2, -0.15) is 0 Å². The van der Waals surface area contributed by atoms with E-state index in [1.54, 1.807) is 29.2 Å². The van der Waals surface area contributed by atoms with Crippen molar-refractivity contribution in [2.45, 2.75) is 26.7 Å². The Balaban J connectivity index is 1.68. The van der Waals surface area contributed by atoms with Crippen LogP contribution in [0.2, 0.25) is 0 Å². The van der Waals surface area contributed by atoms with E-state index in [0.717, 1.165) is 13.1 Å². The number of anilines is 2. The monoisotopic (exact) mass is 395 g/mol. The van der Waals surface area contributed by atoms with E-state index in [1.165, 1.54) is 23.9 Å². The summed E-state index contributed by atoms with van der Waals surface area (Å²) in [6.07, 6.45) is 0. The van der Waals surface area contributed by atoms with Crippen molar-refractivity contribution >= 4 is 23.4 Å². The Bertz CT molecular complexity index is 887. The Morgan fingerprint density at radius 1 is 1.00 bits per heavy atom. The number of para-hydroxylation sites is 2. The molecule has 6 nitrogen and oxygen atoms in total. The molecule has 3 rings (SSSR count). The van der Waals surface area contributed by atoms with Crippen LogP contribution in [0.15, 0.2) is 42.5 Å². The van der Waals surface area contributed by atoms with Crippen LogP contribution in [0.4, 0.5) is 16.2 Å². The van der Waals surface area contributed by atoms with E-state index in [4.69, 9.17) is 4.74 Å². The number of ether oxygens (including phenoxy) is 1. The second-order valence-electron chi connectivity index (χ2n) is 7.61. The fourth-order valence-corrected chi connectivity index (χ4v) is 3.79. The molecule has 1 saturated heterocycles. The number of nitrogens with one attached hydrogen (secondary N) is 1. The molecule has 154 valence electrons. The minimum Gasteiger partial charge on any atom is -0.465 e. The minimum atomic E-state index is -0.466. The summed E-state index contributed by atoms with van der Waals surface area (Å²) in [5, 5.41) is 2.86. The first-order valence-electron chi connectivity index (χ1n) is 10.00. The van der Waals surface area contributed by atoms with Gasteiger partial charge in [0.1, 0.15) is 0 Å². The van der Waals surface area contributed by atoms with Crippen LogP contribution < -0.4 is 10.2 Å². The van der Waals surface area contributed by atoms with Crippen LogP contribution in [0.3, 0.4) is 0 Å². The van der Waals surface area contributed by atoms with Gasteiger partial charge in [-0.3, -0.25) is 0 Å². The van der Waals surface area contributed by atoms with Crippen molar-refractivity contribution < 1.29 is 14.3 Å². The molecule has 0 bridgehead atoms. The quantitative estimate of drug-likeness (QED) is 0.786. The zero-order valence-electron chi connectivity index (χ0n) is 17.6. The smallest absolute Gasteiger partial charge is 0.339 e. The van der Waals surface area contributed by atoms with Gasteiger partial charge in [0.25, 0.3) is 0 Å². The third kappa shape index (κ3) is 4.53. The van der Waals surface area contributed by atoms with E-state index in [-0.39, 0.29) is 6.03 Å². The van der Waals surface area contributed by atoms with Gasteiger partial charge in [-0.25, -0.2) is 9.59 Å². The molecule has 1 heterocycles. The van der Waals surface area contributed by atoms with Crippen LogP contribution >= 0.6 is 0 Å². The van der Waals surface area contributed by atoms with Crippen LogP contribution in [0.25, 0.3) is 0 Å². The molecule has 2 aromatic rings. The maximum Gasteiger partial charge on any atom is 0.339 e. The number of carbonyl (C=O) groups is 2. The fourth-order valence-electron chi connectivity index (χ4n) is 3.79. The molecule has 0 radical (unpaired) electrons. The van der Waals surface area contributed by atoms with Crippen LogP contribution in [0.5, 0.6) is 0 Å². The van der Waals surface area contributed by atoms with Gasteiger partial charge >= 0.3 is 12.0 Å². The molecule has 0 aromatic heterocycles. The van der Waals surface area contributed by atoms with Crippen molar-refractivity contribution in [3.05, 3.63) is 59.2 Å². The predicted octanol–water partition coefficient (Wildman–Crippen LogP) is 4.26. The number of rotatable bonds is 4. The number of piperazine rings is 1. The number of methoxy groups -OCH3 is 1. The summed E-state index contributed by atoms with van der Waals surface area (Å²) in [4.78, 5) is 28.8. The number of carbonyl (C=O) groups excluding carboxylic acids is 2. The number of amides is 2. The van der Waals surface area contributed by atoms with E-state index < -0.39 is 5.97 Å². The van der Waals surface area contributed by atoms with Crippen molar-refractivity contribution in [3.8, 4) is 0 Å². The Labute approximate surface area is 172 Å². The summed E-state index contributed by atoms with van der Waals surface area (Å²) in [7, 11) is 1.33. The van der Waals surface area contributed by atoms with Gasteiger partial charge in [0, 0.05) is 31.9 Å². The Hall–Kier alpha value is -3.02. The SMILES string of the molecule is COC(=O)c1ccccc1NC(=O)N1CCN(c2c(C)cccc2C(C)C)CC1. The van der Waals surface area contributed by atoms with E-state index in [0.29, 0.717) is 30.3 Å². The standard InChI is InChI=1S/C23H29N3O3/c1-16(2)18-10-7-8-17(3)21(18)25-12-14-26(15-13-25)23(28)24-20-11-6-5-9-19(20)22(27)29-4/h5-11,16H,12-15H2,1-4H3,(H,24,28). The molecule has 0 atom stereocenters. The highest BCUT2D eigenvalue weighted by Gasteiger charge is 2.25. The molecule has 0 aliphatic carbocycles. The van der Waals surface area contributed by atoms with Gasteiger partial charge in [-0.1, -0.05) is 44.2 Å². The fraction of sp³-hybridized carbons (Fsp3) is 0.391. The van der Waals surface area contributed by atoms with Gasteiger partial charge in [-0.15, -0.1) is 0 Å². The van der Waals surface area contributed by atoms with Crippen molar-refractivity contribution in [2.75, 3.05) is 43.5 Å². The number of benzene rings is 2. The van der Waals surface area contributed by atoms with Crippen LogP contribution in [-0.4, -0.2) is 50.2 Å². The first-order chi connectivity index (χ1) is 13.9. The summed E-state index contributed by atoms with van der Waals surface area (Å²) < 4.78 is 4.80. The molecular formula is C23H29N3O3. The third-order valence-electron chi connectivity index (χ3n) is 5.35. The van der Waals surface area contributed by atoms with Gasteiger partial charge < -0.3 is 19.9 Å². The highest BCUT2D eigenvalue weighted by molar-refractivity contribution is 6.00. The molecule has 1 fully saturated rings. The average molecular weight is 396 g/mol. The summed E-state index contributed by atoms with van der Waals surface area (Å²) in [6, 6.07) is 13.1. The van der Waals surface area contributed by atoms with Crippen LogP contribution in [0, 0.1) is 6.92 Å². The molecule has 0 saturated carbocycles. The number of urea groups is 1. The van der Waals surface area contributed by atoms with Gasteiger partial charge in [0.15, 0.2) is 0 Å². The molecular weight excluding hydrogens is 366 g/mol. The average Bonchev–Trinajstić information content (AvgIpc) is 2.73. The largest absolute Gasteiger partial charge is 0.465 e. The molecule has 1 aliphatic rings. The third-order valence-corrected chi connectivity index (χ3v) is 5.35. The minimum absolute atomic E-state index is 0.199. The topological polar surface area (TPSA) is 61.9 Å². The molecule has 2 aromatic carbocycles. The number of nitrogens with zero attached hydrogens (tertiary/aromatic N) is 2. The first-order valence-corrected chi connectivity index (χ1v) is 10.00. The van der Waals surface area contributed by atoms with Crippen LogP contribution in [-0.2, 0) is 4.74 Å². The Kier molecular flexibility index (Phi) is 6.42. The van der Waals surface area contributed by atoms with Crippen molar-refractivity contribution in [1.29, 1.82) is 0 Å². The van der Waals surface area contributed by atoms with Gasteiger partial charge in [0.05, 0.1) is 18.4 Å². The first kappa shape index (κ1) is 20.7. The second kappa shape index (κ2) is 8.99. The molecule has 0 unspecified atom stereocenters. The van der Waals surface area contributed by atoms with Crippen LogP contribution in [0.1, 0.15) is 41.3 Å². The van der Waals surface area contributed by atoms with Crippen molar-refractivity contribution in [1.82, 2.24) is 4.90 Å². The van der Waals surface area contributed by atoms with Crippen molar-refractivity contribution in [3.63, 3.8) is 0 Å². The maximum absolute atomic E-state index is 12.8. The highest BCUT2D eigenvalue weighted by atomic mass is 16.5. The lowest BCUT2D eigenvalue weighted by atomic mass is 9.97. The van der Waals surface area contributed by atoms with E-state index >= 15 is 0 Å². The second-order valence-corrected chi connectivity index (χ2v) is 7.61. The molecule has 6 heteroatoms. The number of aryl methyl sites for hydroxylation is 1. The number of hydrogen-bond donors (Lipinski definition) is 1. The predicted molar refractivity (Wildman–Crippen MR) is 116 cm³/mol. The lowest BCUT2D eigenvalue weighted by Gasteiger charge is -2.38. The lowest BCUT2D eigenvalue weighted by molar-refractivity contribution is 0.0602. The van der Waals surface area contributed by atoms with E-state index in [9.17, 15) is 9.59 Å². The number of esters is 1. The Morgan fingerprint density at radius 2 is 1.69 bits per heavy atom. The van der Waals surface area contributed by atoms with Gasteiger partial charge in [0.2, 0.25) is 0 Å². The summed E-state index contributed by atoms with van der Waals surface area (Å²) in [5.74, 6) is -0.0208. The lowest BCUT2D eigenvalue weighted by Crippen LogP contribution is -2.50. The zero-order chi connectivity index (χ0) is 21.0. The van der Waals surface area contributed by atoms with Crippen molar-refractivity contribution in [2.24, 2.45) is 0 Å². The number of hydrogen-bond acceptors (Lipinski definition) is 4. The molecule has 1 aliphatic heterocycles. The zero-order valence-corrected chi connectivity index (χ0v) is 17.6. The summed E-state index contributed by atoms with van der Waals surface area (Å²) in [6.45, 7) is 9.36. The molecule has 29 heavy (non-hydrogen) atoms. The normalized spacial score (nSPS) is 14.1. The summed E-state index contributed by atoms with van der Waals surface area (Å²) in [5.41, 5.74) is 4.71. The molecule has 2 amide bonds. The highest BCUT2D eigenvalue weighted by Crippen LogP contribution is 2.31. The Morgan fingerprint density at radius 3 is 2.34 bits per heavy atom. The van der Waals surface area contributed by atoms with Gasteiger partial charge in [-0.05, 0) is 36.1 Å². The van der Waals surface area contributed by atoms with E-state index in [1.807, 2.05) is 0 Å².